The fourth-order valence-corrected chi connectivity index (χ4v) is 3.19. The Labute approximate surface area is 146 Å². The lowest BCUT2D eigenvalue weighted by Crippen LogP contribution is -2.39. The van der Waals surface area contributed by atoms with Crippen LogP contribution in [0.4, 0.5) is 11.4 Å². The molecule has 1 heterocycles. The van der Waals surface area contributed by atoms with Gasteiger partial charge in [0.2, 0.25) is 11.8 Å². The summed E-state index contributed by atoms with van der Waals surface area (Å²) in [5.74, 6) is -0.176. The maximum Gasteiger partial charge on any atom is 0.241 e. The normalized spacial score (nSPS) is 12.0. The molecule has 0 bridgehead atoms. The smallest absolute Gasteiger partial charge is 0.241 e. The lowest BCUT2D eigenvalue weighted by atomic mass is 10.2. The number of amides is 2. The summed E-state index contributed by atoms with van der Waals surface area (Å²) < 4.78 is 0. The molecule has 1 aromatic carbocycles. The molecule has 2 aromatic rings. The summed E-state index contributed by atoms with van der Waals surface area (Å²) in [4.78, 5) is 26.7. The van der Waals surface area contributed by atoms with Crippen molar-refractivity contribution < 1.29 is 9.59 Å². The minimum atomic E-state index is -0.249. The predicted molar refractivity (Wildman–Crippen MR) is 99.4 cm³/mol. The van der Waals surface area contributed by atoms with Gasteiger partial charge in [0.15, 0.2) is 0 Å². The highest BCUT2D eigenvalue weighted by atomic mass is 32.1. The second-order valence-corrected chi connectivity index (χ2v) is 6.87. The molecule has 0 saturated carbocycles. The summed E-state index contributed by atoms with van der Waals surface area (Å²) in [5, 5.41) is 7.67. The third kappa shape index (κ3) is 4.91. The Balaban J connectivity index is 1.93. The van der Waals surface area contributed by atoms with Gasteiger partial charge in [-0.15, -0.1) is 11.3 Å². The molecule has 0 aliphatic heterocycles. The van der Waals surface area contributed by atoms with Crippen molar-refractivity contribution in [3.05, 3.63) is 46.2 Å². The summed E-state index contributed by atoms with van der Waals surface area (Å²) in [6.07, 6.45) is 0. The number of thiophene rings is 1. The van der Waals surface area contributed by atoms with Gasteiger partial charge in [-0.3, -0.25) is 14.5 Å². The molecule has 0 aliphatic carbocycles. The zero-order chi connectivity index (χ0) is 17.7. The van der Waals surface area contributed by atoms with Gasteiger partial charge in [-0.25, -0.2) is 0 Å². The van der Waals surface area contributed by atoms with Crippen LogP contribution in [-0.2, 0) is 16.1 Å². The maximum absolute atomic E-state index is 12.4. The van der Waals surface area contributed by atoms with E-state index in [2.05, 4.69) is 29.0 Å². The van der Waals surface area contributed by atoms with E-state index in [1.807, 2.05) is 18.9 Å². The van der Waals surface area contributed by atoms with Crippen LogP contribution in [-0.4, -0.2) is 29.8 Å². The van der Waals surface area contributed by atoms with Gasteiger partial charge in [0.25, 0.3) is 0 Å². The summed E-state index contributed by atoms with van der Waals surface area (Å²) in [5.41, 5.74) is 2.67. The van der Waals surface area contributed by atoms with Crippen LogP contribution in [0.5, 0.6) is 0 Å². The van der Waals surface area contributed by atoms with E-state index >= 15 is 0 Å². The number of benzene rings is 1. The van der Waals surface area contributed by atoms with E-state index in [0.29, 0.717) is 11.4 Å². The monoisotopic (exact) mass is 345 g/mol. The number of rotatable bonds is 6. The topological polar surface area (TPSA) is 61.4 Å². The SMILES string of the molecule is CC(=O)Nc1ccc(NC(=O)[C@H](C)N(C)Cc2sccc2C)cc1. The molecule has 2 rings (SSSR count). The Morgan fingerprint density at radius 3 is 2.21 bits per heavy atom. The number of anilines is 2. The van der Waals surface area contributed by atoms with Crippen LogP contribution in [0, 0.1) is 6.92 Å². The summed E-state index contributed by atoms with van der Waals surface area (Å²) in [6, 6.07) is 8.93. The lowest BCUT2D eigenvalue weighted by Gasteiger charge is -2.23. The third-order valence-electron chi connectivity index (χ3n) is 3.87. The lowest BCUT2D eigenvalue weighted by molar-refractivity contribution is -0.120. The number of carbonyl (C=O) groups is 2. The maximum atomic E-state index is 12.4. The van der Waals surface area contributed by atoms with Crippen LogP contribution < -0.4 is 10.6 Å². The Morgan fingerprint density at radius 1 is 1.12 bits per heavy atom. The second-order valence-electron chi connectivity index (χ2n) is 5.87. The molecule has 128 valence electrons. The molecule has 6 heteroatoms. The van der Waals surface area contributed by atoms with Gasteiger partial charge in [0, 0.05) is 29.7 Å². The molecule has 0 aliphatic rings. The highest BCUT2D eigenvalue weighted by Crippen LogP contribution is 2.19. The molecule has 1 atom stereocenters. The molecule has 1 aromatic heterocycles. The number of hydrogen-bond donors (Lipinski definition) is 2. The molecule has 0 unspecified atom stereocenters. The summed E-state index contributed by atoms with van der Waals surface area (Å²) in [7, 11) is 1.95. The molecule has 24 heavy (non-hydrogen) atoms. The fraction of sp³-hybridized carbons (Fsp3) is 0.333. The van der Waals surface area contributed by atoms with Crippen molar-refractivity contribution in [1.82, 2.24) is 4.90 Å². The molecule has 0 fully saturated rings. The van der Waals surface area contributed by atoms with E-state index in [1.54, 1.807) is 35.6 Å². The second kappa shape index (κ2) is 8.08. The molecule has 2 amide bonds. The van der Waals surface area contributed by atoms with Crippen molar-refractivity contribution in [3.63, 3.8) is 0 Å². The van der Waals surface area contributed by atoms with Crippen molar-refractivity contribution >= 4 is 34.5 Å². The van der Waals surface area contributed by atoms with Gasteiger partial charge in [-0.05, 0) is 62.2 Å². The van der Waals surface area contributed by atoms with Gasteiger partial charge >= 0.3 is 0 Å². The van der Waals surface area contributed by atoms with Crippen LogP contribution in [0.3, 0.4) is 0 Å². The van der Waals surface area contributed by atoms with Crippen molar-refractivity contribution in [2.24, 2.45) is 0 Å². The van der Waals surface area contributed by atoms with Crippen LogP contribution in [0.1, 0.15) is 24.3 Å². The van der Waals surface area contributed by atoms with Crippen molar-refractivity contribution in [2.45, 2.75) is 33.4 Å². The number of nitrogens with one attached hydrogen (secondary N) is 2. The van der Waals surface area contributed by atoms with Gasteiger partial charge < -0.3 is 10.6 Å². The first kappa shape index (κ1) is 18.2. The predicted octanol–water partition coefficient (Wildman–Crippen LogP) is 3.47. The largest absolute Gasteiger partial charge is 0.326 e. The van der Waals surface area contributed by atoms with Crippen LogP contribution in [0.2, 0.25) is 0 Å². The molecule has 0 saturated heterocycles. The average molecular weight is 345 g/mol. The van der Waals surface area contributed by atoms with E-state index in [4.69, 9.17) is 0 Å². The zero-order valence-corrected chi connectivity index (χ0v) is 15.2. The van der Waals surface area contributed by atoms with Crippen LogP contribution in [0.25, 0.3) is 0 Å². The molecule has 2 N–H and O–H groups in total. The van der Waals surface area contributed by atoms with E-state index in [9.17, 15) is 9.59 Å². The number of likely N-dealkylation sites (N-methyl/N-ethyl adjacent to an activating group) is 1. The zero-order valence-electron chi connectivity index (χ0n) is 14.4. The minimum absolute atomic E-state index is 0.0565. The van der Waals surface area contributed by atoms with Crippen LogP contribution in [0.15, 0.2) is 35.7 Å². The number of aryl methyl sites for hydroxylation is 1. The van der Waals surface area contributed by atoms with Crippen molar-refractivity contribution in [2.75, 3.05) is 17.7 Å². The average Bonchev–Trinajstić information content (AvgIpc) is 2.93. The molecule has 5 nitrogen and oxygen atoms in total. The number of hydrogen-bond acceptors (Lipinski definition) is 4. The van der Waals surface area contributed by atoms with E-state index in [1.165, 1.54) is 17.4 Å². The standard InChI is InChI=1S/C18H23N3O2S/c1-12-9-10-24-17(12)11-21(4)13(2)18(23)20-16-7-5-15(6-8-16)19-14(3)22/h5-10,13H,11H2,1-4H3,(H,19,22)(H,20,23)/t13-/m0/s1. The Kier molecular flexibility index (Phi) is 6.11. The Hall–Kier alpha value is -2.18. The first-order chi connectivity index (χ1) is 11.4. The fourth-order valence-electron chi connectivity index (χ4n) is 2.22. The van der Waals surface area contributed by atoms with Gasteiger partial charge in [0.1, 0.15) is 0 Å². The molecular formula is C18H23N3O2S. The summed E-state index contributed by atoms with van der Waals surface area (Å²) >= 11 is 1.71. The van der Waals surface area contributed by atoms with Crippen molar-refractivity contribution in [1.29, 1.82) is 0 Å². The van der Waals surface area contributed by atoms with Crippen LogP contribution >= 0.6 is 11.3 Å². The number of carbonyl (C=O) groups excluding carboxylic acids is 2. The number of nitrogens with zero attached hydrogens (tertiary/aromatic N) is 1. The quantitative estimate of drug-likeness (QED) is 0.843. The Morgan fingerprint density at radius 2 is 1.71 bits per heavy atom. The van der Waals surface area contributed by atoms with Gasteiger partial charge in [-0.2, -0.15) is 0 Å². The van der Waals surface area contributed by atoms with Crippen molar-refractivity contribution in [3.8, 4) is 0 Å². The minimum Gasteiger partial charge on any atom is -0.326 e. The third-order valence-corrected chi connectivity index (χ3v) is 4.88. The molecular weight excluding hydrogens is 322 g/mol. The molecule has 0 radical (unpaired) electrons. The first-order valence-corrected chi connectivity index (χ1v) is 8.66. The highest BCUT2D eigenvalue weighted by molar-refractivity contribution is 7.10. The van der Waals surface area contributed by atoms with E-state index in [-0.39, 0.29) is 17.9 Å². The first-order valence-electron chi connectivity index (χ1n) is 7.78. The summed E-state index contributed by atoms with van der Waals surface area (Å²) in [6.45, 7) is 6.19. The van der Waals surface area contributed by atoms with E-state index < -0.39 is 0 Å². The Bertz CT molecular complexity index is 709. The van der Waals surface area contributed by atoms with E-state index in [0.717, 1.165) is 6.54 Å². The molecule has 0 spiro atoms. The van der Waals surface area contributed by atoms with Gasteiger partial charge in [-0.1, -0.05) is 0 Å². The highest BCUT2D eigenvalue weighted by Gasteiger charge is 2.19. The van der Waals surface area contributed by atoms with Gasteiger partial charge in [0.05, 0.1) is 6.04 Å².